The Morgan fingerprint density at radius 3 is 2.22 bits per heavy atom. The second kappa shape index (κ2) is 7.13. The molecule has 23 heavy (non-hydrogen) atoms. The Hall–Kier alpha value is -1.88. The number of aryl methyl sites for hydroxylation is 2. The third-order valence-electron chi connectivity index (χ3n) is 3.62. The number of carbonyl (C=O) groups excluding carboxylic acids is 1. The van der Waals surface area contributed by atoms with E-state index in [0.717, 1.165) is 27.9 Å². The molecule has 4 nitrogen and oxygen atoms in total. The standard InChI is InChI=1S/C18H23N3OS/c1-6-18(4,5)21-16(22)14-7-9-15(10-8-14)23-17-19-12(2)11-13(3)20-17/h7-11H,6H2,1-5H3,(H,21,22). The Kier molecular flexibility index (Phi) is 5.42. The van der Waals surface area contributed by atoms with E-state index in [4.69, 9.17) is 0 Å². The molecule has 0 saturated carbocycles. The van der Waals surface area contributed by atoms with E-state index in [9.17, 15) is 4.79 Å². The minimum Gasteiger partial charge on any atom is -0.347 e. The zero-order valence-electron chi connectivity index (χ0n) is 14.3. The van der Waals surface area contributed by atoms with Gasteiger partial charge in [-0.25, -0.2) is 9.97 Å². The van der Waals surface area contributed by atoms with Crippen LogP contribution in [-0.4, -0.2) is 21.4 Å². The van der Waals surface area contributed by atoms with Gasteiger partial charge in [-0.2, -0.15) is 0 Å². The van der Waals surface area contributed by atoms with Gasteiger partial charge >= 0.3 is 0 Å². The van der Waals surface area contributed by atoms with E-state index in [2.05, 4.69) is 22.2 Å². The molecule has 0 bridgehead atoms. The van der Waals surface area contributed by atoms with Crippen molar-refractivity contribution in [3.05, 3.63) is 47.3 Å². The molecule has 0 saturated heterocycles. The topological polar surface area (TPSA) is 54.9 Å². The maximum absolute atomic E-state index is 12.2. The van der Waals surface area contributed by atoms with E-state index >= 15 is 0 Å². The van der Waals surface area contributed by atoms with Crippen molar-refractivity contribution < 1.29 is 4.79 Å². The van der Waals surface area contributed by atoms with Crippen molar-refractivity contribution >= 4 is 17.7 Å². The average Bonchev–Trinajstić information content (AvgIpc) is 2.46. The summed E-state index contributed by atoms with van der Waals surface area (Å²) in [6.45, 7) is 10.0. The second-order valence-electron chi connectivity index (χ2n) is 6.25. The molecular weight excluding hydrogens is 306 g/mol. The fraction of sp³-hybridized carbons (Fsp3) is 0.389. The number of hydrogen-bond donors (Lipinski definition) is 1. The van der Waals surface area contributed by atoms with Gasteiger partial charge in [-0.05, 0) is 76.2 Å². The number of amides is 1. The zero-order valence-corrected chi connectivity index (χ0v) is 15.1. The van der Waals surface area contributed by atoms with Crippen LogP contribution in [0, 0.1) is 13.8 Å². The van der Waals surface area contributed by atoms with Crippen LogP contribution < -0.4 is 5.32 Å². The third kappa shape index (κ3) is 5.06. The van der Waals surface area contributed by atoms with Gasteiger partial charge in [0.05, 0.1) is 0 Å². The van der Waals surface area contributed by atoms with Crippen LogP contribution in [0.2, 0.25) is 0 Å². The first kappa shape index (κ1) is 17.5. The third-order valence-corrected chi connectivity index (χ3v) is 4.50. The molecule has 0 radical (unpaired) electrons. The monoisotopic (exact) mass is 329 g/mol. The first-order valence-corrected chi connectivity index (χ1v) is 8.53. The lowest BCUT2D eigenvalue weighted by atomic mass is 10.0. The largest absolute Gasteiger partial charge is 0.347 e. The van der Waals surface area contributed by atoms with Crippen LogP contribution in [0.15, 0.2) is 40.4 Å². The molecular formula is C18H23N3OS. The van der Waals surface area contributed by atoms with Gasteiger partial charge in [0.1, 0.15) is 0 Å². The normalized spacial score (nSPS) is 11.3. The molecule has 1 aromatic carbocycles. The van der Waals surface area contributed by atoms with Gasteiger partial charge in [-0.3, -0.25) is 4.79 Å². The van der Waals surface area contributed by atoms with Crippen molar-refractivity contribution in [2.45, 2.75) is 56.6 Å². The van der Waals surface area contributed by atoms with Crippen LogP contribution >= 0.6 is 11.8 Å². The molecule has 2 rings (SSSR count). The summed E-state index contributed by atoms with van der Waals surface area (Å²) in [4.78, 5) is 22.1. The zero-order chi connectivity index (χ0) is 17.0. The van der Waals surface area contributed by atoms with Crippen LogP contribution in [0.1, 0.15) is 48.9 Å². The number of nitrogens with zero attached hydrogens (tertiary/aromatic N) is 2. The van der Waals surface area contributed by atoms with Crippen molar-refractivity contribution in [3.63, 3.8) is 0 Å². The smallest absolute Gasteiger partial charge is 0.251 e. The minimum absolute atomic E-state index is 0.0453. The predicted octanol–water partition coefficient (Wildman–Crippen LogP) is 4.16. The van der Waals surface area contributed by atoms with E-state index in [1.54, 1.807) is 0 Å². The van der Waals surface area contributed by atoms with Crippen molar-refractivity contribution in [1.29, 1.82) is 0 Å². The summed E-state index contributed by atoms with van der Waals surface area (Å²) in [5.74, 6) is -0.0453. The van der Waals surface area contributed by atoms with Crippen LogP contribution in [-0.2, 0) is 0 Å². The summed E-state index contributed by atoms with van der Waals surface area (Å²) < 4.78 is 0. The minimum atomic E-state index is -0.197. The van der Waals surface area contributed by atoms with E-state index < -0.39 is 0 Å². The number of hydrogen-bond acceptors (Lipinski definition) is 4. The van der Waals surface area contributed by atoms with Crippen LogP contribution in [0.25, 0.3) is 0 Å². The lowest BCUT2D eigenvalue weighted by Gasteiger charge is -2.24. The highest BCUT2D eigenvalue weighted by molar-refractivity contribution is 7.99. The molecule has 0 aliphatic carbocycles. The van der Waals surface area contributed by atoms with Gasteiger partial charge in [0, 0.05) is 27.4 Å². The molecule has 2 aromatic rings. The lowest BCUT2D eigenvalue weighted by Crippen LogP contribution is -2.42. The number of carbonyl (C=O) groups is 1. The molecule has 1 heterocycles. The van der Waals surface area contributed by atoms with Crippen molar-refractivity contribution in [1.82, 2.24) is 15.3 Å². The molecule has 122 valence electrons. The number of nitrogens with one attached hydrogen (secondary N) is 1. The van der Waals surface area contributed by atoms with Crippen molar-refractivity contribution in [2.75, 3.05) is 0 Å². The van der Waals surface area contributed by atoms with Gasteiger partial charge < -0.3 is 5.32 Å². The molecule has 1 amide bonds. The summed E-state index contributed by atoms with van der Waals surface area (Å²) in [5, 5.41) is 3.76. The maximum atomic E-state index is 12.2. The Labute approximate surface area is 142 Å². The second-order valence-corrected chi connectivity index (χ2v) is 7.29. The van der Waals surface area contributed by atoms with Gasteiger partial charge in [-0.15, -0.1) is 0 Å². The molecule has 1 aromatic heterocycles. The Morgan fingerprint density at radius 2 is 1.70 bits per heavy atom. The van der Waals surface area contributed by atoms with Gasteiger partial charge in [-0.1, -0.05) is 6.92 Å². The van der Waals surface area contributed by atoms with Gasteiger partial charge in [0.25, 0.3) is 5.91 Å². The summed E-state index contributed by atoms with van der Waals surface area (Å²) in [6, 6.07) is 9.49. The number of benzene rings is 1. The molecule has 0 spiro atoms. The van der Waals surface area contributed by atoms with E-state index in [0.29, 0.717) is 5.56 Å². The Bertz CT molecular complexity index is 676. The molecule has 0 unspecified atom stereocenters. The maximum Gasteiger partial charge on any atom is 0.251 e. The first-order chi connectivity index (χ1) is 10.8. The Morgan fingerprint density at radius 1 is 1.13 bits per heavy atom. The average molecular weight is 329 g/mol. The number of aromatic nitrogens is 2. The fourth-order valence-corrected chi connectivity index (χ4v) is 2.85. The van der Waals surface area contributed by atoms with Crippen molar-refractivity contribution in [3.8, 4) is 0 Å². The lowest BCUT2D eigenvalue weighted by molar-refractivity contribution is 0.0911. The van der Waals surface area contributed by atoms with E-state index in [1.807, 2.05) is 58.0 Å². The van der Waals surface area contributed by atoms with Crippen LogP contribution in [0.3, 0.4) is 0 Å². The summed E-state index contributed by atoms with van der Waals surface area (Å²) >= 11 is 1.50. The molecule has 0 fully saturated rings. The molecule has 0 atom stereocenters. The summed E-state index contributed by atoms with van der Waals surface area (Å²) in [7, 11) is 0. The molecule has 1 N–H and O–H groups in total. The predicted molar refractivity (Wildman–Crippen MR) is 93.9 cm³/mol. The highest BCUT2D eigenvalue weighted by Gasteiger charge is 2.18. The van der Waals surface area contributed by atoms with Crippen molar-refractivity contribution in [2.24, 2.45) is 0 Å². The number of rotatable bonds is 5. The quantitative estimate of drug-likeness (QED) is 0.837. The highest BCUT2D eigenvalue weighted by Crippen LogP contribution is 2.25. The first-order valence-electron chi connectivity index (χ1n) is 7.72. The summed E-state index contributed by atoms with van der Waals surface area (Å²) in [6.07, 6.45) is 0.886. The molecule has 0 aliphatic heterocycles. The van der Waals surface area contributed by atoms with E-state index in [-0.39, 0.29) is 11.4 Å². The van der Waals surface area contributed by atoms with Gasteiger partial charge in [0.2, 0.25) is 0 Å². The Balaban J connectivity index is 2.09. The summed E-state index contributed by atoms with van der Waals surface area (Å²) in [5.41, 5.74) is 2.38. The molecule has 0 aliphatic rings. The molecule has 5 heteroatoms. The van der Waals surface area contributed by atoms with Crippen LogP contribution in [0.5, 0.6) is 0 Å². The fourth-order valence-electron chi connectivity index (χ4n) is 1.99. The highest BCUT2D eigenvalue weighted by atomic mass is 32.2. The van der Waals surface area contributed by atoms with E-state index in [1.165, 1.54) is 11.8 Å². The van der Waals surface area contributed by atoms with Crippen LogP contribution in [0.4, 0.5) is 0 Å². The SMILES string of the molecule is CCC(C)(C)NC(=O)c1ccc(Sc2nc(C)cc(C)n2)cc1. The van der Waals surface area contributed by atoms with Gasteiger partial charge in [0.15, 0.2) is 5.16 Å².